The molecule has 0 bridgehead atoms. The summed E-state index contributed by atoms with van der Waals surface area (Å²) in [6.45, 7) is 0. The molecule has 3 rings (SSSR count). The molecule has 0 amide bonds. The molecule has 0 atom stereocenters. The summed E-state index contributed by atoms with van der Waals surface area (Å²) in [4.78, 5) is 0. The molecule has 0 aliphatic carbocycles. The van der Waals surface area contributed by atoms with Crippen LogP contribution >= 0.6 is 0 Å². The predicted octanol–water partition coefficient (Wildman–Crippen LogP) is 1.22. The van der Waals surface area contributed by atoms with Gasteiger partial charge >= 0.3 is 14.5 Å². The van der Waals surface area contributed by atoms with Crippen LogP contribution in [-0.2, 0) is 3.48 Å². The van der Waals surface area contributed by atoms with Crippen molar-refractivity contribution in [1.82, 2.24) is 0 Å². The van der Waals surface area contributed by atoms with E-state index in [1.54, 1.807) is 0 Å². The molecule has 0 aromatic heterocycles. The lowest BCUT2D eigenvalue weighted by atomic mass is 10.4. The molecular formula is C18H17AlOSi. The smallest absolute Gasteiger partial charge is 0.533 e. The van der Waals surface area contributed by atoms with Gasteiger partial charge in [-0.2, -0.15) is 0 Å². The number of hydrogen-bond donors (Lipinski definition) is 0. The van der Waals surface area contributed by atoms with E-state index in [0.29, 0.717) is 0 Å². The van der Waals surface area contributed by atoms with Crippen molar-refractivity contribution in [3.63, 3.8) is 0 Å². The summed E-state index contributed by atoms with van der Waals surface area (Å²) in [5.41, 5.74) is 0. The molecule has 1 nitrogen and oxygen atoms in total. The molecule has 0 saturated heterocycles. The highest BCUT2D eigenvalue weighted by molar-refractivity contribution is 6.83. The summed E-state index contributed by atoms with van der Waals surface area (Å²) in [7, 11) is -0.685. The van der Waals surface area contributed by atoms with Gasteiger partial charge in [-0.1, -0.05) is 99.8 Å². The van der Waals surface area contributed by atoms with Crippen molar-refractivity contribution in [3.05, 3.63) is 91.0 Å². The molecule has 0 aliphatic rings. The van der Waals surface area contributed by atoms with E-state index in [2.05, 4.69) is 91.0 Å². The van der Waals surface area contributed by atoms with Crippen LogP contribution in [0.15, 0.2) is 91.0 Å². The lowest BCUT2D eigenvalue weighted by Gasteiger charge is -2.14. The Kier molecular flexibility index (Phi) is 5.04. The van der Waals surface area contributed by atoms with E-state index in [0.717, 1.165) is 0 Å². The summed E-state index contributed by atoms with van der Waals surface area (Å²) in [5, 5.41) is 1.36. The van der Waals surface area contributed by atoms with Crippen LogP contribution in [0.4, 0.5) is 0 Å². The molecule has 3 aromatic carbocycles. The van der Waals surface area contributed by atoms with Crippen molar-refractivity contribution in [2.45, 2.75) is 0 Å². The number of rotatable bonds is 5. The second-order valence-electron chi connectivity index (χ2n) is 5.00. The summed E-state index contributed by atoms with van der Waals surface area (Å²) in [6, 6.07) is 31.9. The molecule has 0 aliphatic heterocycles. The van der Waals surface area contributed by atoms with Crippen LogP contribution in [0, 0.1) is 0 Å². The van der Waals surface area contributed by atoms with Crippen molar-refractivity contribution >= 4 is 38.3 Å². The molecule has 21 heavy (non-hydrogen) atoms. The monoisotopic (exact) mass is 304 g/mol. The summed E-state index contributed by atoms with van der Waals surface area (Å²) >= 11 is -1.56. The van der Waals surface area contributed by atoms with E-state index in [9.17, 15) is 0 Å². The molecule has 3 aromatic rings. The first-order chi connectivity index (χ1) is 10.4. The minimum Gasteiger partial charge on any atom is -0.540 e. The number of benzene rings is 3. The summed E-state index contributed by atoms with van der Waals surface area (Å²) in [6.07, 6.45) is 0. The van der Waals surface area contributed by atoms with Crippen LogP contribution in [0.3, 0.4) is 0 Å². The first-order valence-corrected chi connectivity index (χ1v) is 10.1. The SMILES string of the molecule is c1ccc([SiH2][O][Al]([c]2ccccc2)[c]2ccccc2)cc1. The van der Waals surface area contributed by atoms with Crippen molar-refractivity contribution in [1.29, 1.82) is 0 Å². The predicted molar refractivity (Wildman–Crippen MR) is 93.6 cm³/mol. The van der Waals surface area contributed by atoms with Gasteiger partial charge in [0.2, 0.25) is 0 Å². The largest absolute Gasteiger partial charge is 0.540 e. The van der Waals surface area contributed by atoms with Crippen molar-refractivity contribution in [3.8, 4) is 0 Å². The molecule has 0 saturated carbocycles. The van der Waals surface area contributed by atoms with Gasteiger partial charge in [0, 0.05) is 0 Å². The molecule has 0 spiro atoms. The lowest BCUT2D eigenvalue weighted by molar-refractivity contribution is 0.648. The van der Waals surface area contributed by atoms with Crippen LogP contribution in [0.25, 0.3) is 0 Å². The van der Waals surface area contributed by atoms with E-state index in [-0.39, 0.29) is 0 Å². The van der Waals surface area contributed by atoms with Gasteiger partial charge in [0.05, 0.1) is 0 Å². The van der Waals surface area contributed by atoms with Crippen LogP contribution in [0.2, 0.25) is 0 Å². The third-order valence-corrected chi connectivity index (χ3v) is 8.25. The van der Waals surface area contributed by atoms with Gasteiger partial charge in [0.25, 0.3) is 0 Å². The van der Waals surface area contributed by atoms with E-state index in [1.165, 1.54) is 14.0 Å². The van der Waals surface area contributed by atoms with Gasteiger partial charge in [-0.05, 0) is 5.19 Å². The topological polar surface area (TPSA) is 9.23 Å². The molecule has 0 radical (unpaired) electrons. The van der Waals surface area contributed by atoms with E-state index in [1.807, 2.05) is 0 Å². The van der Waals surface area contributed by atoms with Gasteiger partial charge in [-0.15, -0.1) is 0 Å². The average Bonchev–Trinajstić information content (AvgIpc) is 2.58. The Morgan fingerprint density at radius 2 is 1.00 bits per heavy atom. The van der Waals surface area contributed by atoms with E-state index >= 15 is 0 Å². The average molecular weight is 304 g/mol. The van der Waals surface area contributed by atoms with E-state index in [4.69, 9.17) is 3.48 Å². The molecular weight excluding hydrogens is 287 g/mol. The first-order valence-electron chi connectivity index (χ1n) is 7.19. The molecule has 3 heteroatoms. The fraction of sp³-hybridized carbons (Fsp3) is 0. The highest BCUT2D eigenvalue weighted by Gasteiger charge is 2.25. The minimum absolute atomic E-state index is 0.685. The van der Waals surface area contributed by atoms with Gasteiger partial charge in [-0.3, -0.25) is 0 Å². The Balaban J connectivity index is 1.83. The lowest BCUT2D eigenvalue weighted by Crippen LogP contribution is -2.47. The molecule has 0 fully saturated rings. The molecule has 0 N–H and O–H groups in total. The Morgan fingerprint density at radius 1 is 0.571 bits per heavy atom. The first kappa shape index (κ1) is 14.3. The maximum atomic E-state index is 6.48. The zero-order valence-corrected chi connectivity index (χ0v) is 14.4. The maximum absolute atomic E-state index is 6.48. The van der Waals surface area contributed by atoms with Gasteiger partial charge < -0.3 is 3.48 Å². The zero-order chi connectivity index (χ0) is 14.3. The maximum Gasteiger partial charge on any atom is 0.533 e. The quantitative estimate of drug-likeness (QED) is 0.644. The molecule has 102 valence electrons. The Hall–Kier alpha value is -1.63. The van der Waals surface area contributed by atoms with Gasteiger partial charge in [-0.25, -0.2) is 0 Å². The zero-order valence-electron chi connectivity index (χ0n) is 11.9. The second-order valence-corrected chi connectivity index (χ2v) is 9.53. The van der Waals surface area contributed by atoms with Crippen LogP contribution in [0.1, 0.15) is 0 Å². The van der Waals surface area contributed by atoms with Crippen LogP contribution in [0.5, 0.6) is 0 Å². The normalized spacial score (nSPS) is 10.9. The highest BCUT2D eigenvalue weighted by atomic mass is 28.2. The fourth-order valence-electron chi connectivity index (χ4n) is 2.39. The highest BCUT2D eigenvalue weighted by Crippen LogP contribution is 1.94. The second kappa shape index (κ2) is 7.40. The van der Waals surface area contributed by atoms with Crippen molar-refractivity contribution < 1.29 is 3.48 Å². The summed E-state index contributed by atoms with van der Waals surface area (Å²) < 4.78 is 9.19. The Morgan fingerprint density at radius 3 is 1.48 bits per heavy atom. The van der Waals surface area contributed by atoms with Crippen molar-refractivity contribution in [2.24, 2.45) is 0 Å². The van der Waals surface area contributed by atoms with Gasteiger partial charge in [0.15, 0.2) is 9.76 Å². The minimum atomic E-state index is -1.56. The van der Waals surface area contributed by atoms with Crippen LogP contribution < -0.4 is 14.0 Å². The standard InChI is InChI=1S/C6H7OSi.2C6H5.Al/c7-8-6-4-2-1-3-5-6;2*1-2-4-6-5-3-1;/h1-5H,8H2;2*1-5H;/q-1;;;+1. The van der Waals surface area contributed by atoms with E-state index < -0.39 is 24.2 Å². The van der Waals surface area contributed by atoms with Crippen LogP contribution in [-0.4, -0.2) is 24.2 Å². The Labute approximate surface area is 132 Å². The Bertz CT molecular complexity index is 619. The molecule has 0 heterocycles. The summed E-state index contributed by atoms with van der Waals surface area (Å²) in [5.74, 6) is 0. The molecule has 0 unspecified atom stereocenters. The fourth-order valence-corrected chi connectivity index (χ4v) is 7.36. The number of hydrogen-bond acceptors (Lipinski definition) is 1. The third kappa shape index (κ3) is 3.93. The van der Waals surface area contributed by atoms with Gasteiger partial charge in [0.1, 0.15) is 0 Å². The van der Waals surface area contributed by atoms with Crippen molar-refractivity contribution in [2.75, 3.05) is 0 Å². The third-order valence-electron chi connectivity index (χ3n) is 3.46.